The Morgan fingerprint density at radius 2 is 1.79 bits per heavy atom. The molecule has 4 heteroatoms. The number of rotatable bonds is 4. The fourth-order valence-corrected chi connectivity index (χ4v) is 2.29. The van der Waals surface area contributed by atoms with Gasteiger partial charge in [0.1, 0.15) is 0 Å². The second-order valence-corrected chi connectivity index (χ2v) is 4.93. The molecule has 0 saturated heterocycles. The van der Waals surface area contributed by atoms with E-state index >= 15 is 0 Å². The minimum atomic E-state index is -0.0275. The Morgan fingerprint density at radius 1 is 1.16 bits per heavy atom. The Bertz CT molecular complexity index is 448. The van der Waals surface area contributed by atoms with Gasteiger partial charge in [-0.25, -0.2) is 0 Å². The minimum Gasteiger partial charge on any atom is -0.349 e. The van der Waals surface area contributed by atoms with Crippen LogP contribution in [0.15, 0.2) is 24.3 Å². The van der Waals surface area contributed by atoms with Gasteiger partial charge in [0.25, 0.3) is 5.91 Å². The molecule has 0 aliphatic heterocycles. The smallest absolute Gasteiger partial charge is 0.251 e. The van der Waals surface area contributed by atoms with Crippen LogP contribution in [0.2, 0.25) is 0 Å². The maximum Gasteiger partial charge on any atom is 0.251 e. The van der Waals surface area contributed by atoms with Crippen molar-refractivity contribution in [3.05, 3.63) is 29.8 Å². The largest absolute Gasteiger partial charge is 0.349 e. The summed E-state index contributed by atoms with van der Waals surface area (Å²) in [6, 6.07) is 7.34. The van der Waals surface area contributed by atoms with Crippen LogP contribution in [0.5, 0.6) is 0 Å². The SMILES string of the molecule is CCC(=O)Nc1ccc(C(=O)NC2CCCC2)cc1. The molecule has 0 radical (unpaired) electrons. The number of carbonyl (C=O) groups excluding carboxylic acids is 2. The maximum absolute atomic E-state index is 12.0. The first-order valence-corrected chi connectivity index (χ1v) is 6.90. The van der Waals surface area contributed by atoms with E-state index in [2.05, 4.69) is 10.6 Å². The molecule has 1 fully saturated rings. The van der Waals surface area contributed by atoms with Crippen molar-refractivity contribution in [3.8, 4) is 0 Å². The Morgan fingerprint density at radius 3 is 2.37 bits per heavy atom. The van der Waals surface area contributed by atoms with Crippen LogP contribution in [-0.2, 0) is 4.79 Å². The molecule has 0 unspecified atom stereocenters. The zero-order valence-corrected chi connectivity index (χ0v) is 11.2. The molecule has 2 rings (SSSR count). The molecule has 1 aliphatic rings. The zero-order chi connectivity index (χ0) is 13.7. The molecule has 1 saturated carbocycles. The lowest BCUT2D eigenvalue weighted by molar-refractivity contribution is -0.115. The van der Waals surface area contributed by atoms with Gasteiger partial charge in [-0.15, -0.1) is 0 Å². The summed E-state index contributed by atoms with van der Waals surface area (Å²) in [5.41, 5.74) is 1.37. The Balaban J connectivity index is 1.93. The third-order valence-corrected chi connectivity index (χ3v) is 3.44. The summed E-state index contributed by atoms with van der Waals surface area (Å²) in [6.07, 6.45) is 5.01. The summed E-state index contributed by atoms with van der Waals surface area (Å²) in [4.78, 5) is 23.2. The average molecular weight is 260 g/mol. The lowest BCUT2D eigenvalue weighted by Crippen LogP contribution is -2.32. The maximum atomic E-state index is 12.0. The lowest BCUT2D eigenvalue weighted by Gasteiger charge is -2.12. The predicted octanol–water partition coefficient (Wildman–Crippen LogP) is 2.71. The van der Waals surface area contributed by atoms with Gasteiger partial charge in [0.05, 0.1) is 0 Å². The van der Waals surface area contributed by atoms with Crippen molar-refractivity contribution in [1.82, 2.24) is 5.32 Å². The normalized spacial score (nSPS) is 15.2. The van der Waals surface area contributed by atoms with Crippen LogP contribution in [0, 0.1) is 0 Å². The minimum absolute atomic E-state index is 0.0249. The van der Waals surface area contributed by atoms with E-state index in [1.165, 1.54) is 12.8 Å². The summed E-state index contributed by atoms with van der Waals surface area (Å²) in [5.74, 6) is -0.0524. The second kappa shape index (κ2) is 6.36. The molecular formula is C15H20N2O2. The Hall–Kier alpha value is -1.84. The van der Waals surface area contributed by atoms with E-state index in [0.29, 0.717) is 18.0 Å². The standard InChI is InChI=1S/C15H20N2O2/c1-2-14(18)16-13-9-7-11(8-10-13)15(19)17-12-5-3-4-6-12/h7-10,12H,2-6H2,1H3,(H,16,18)(H,17,19). The highest BCUT2D eigenvalue weighted by molar-refractivity contribution is 5.95. The second-order valence-electron chi connectivity index (χ2n) is 4.93. The molecule has 2 N–H and O–H groups in total. The van der Waals surface area contributed by atoms with Crippen LogP contribution in [0.1, 0.15) is 49.4 Å². The van der Waals surface area contributed by atoms with Gasteiger partial charge in [-0.3, -0.25) is 9.59 Å². The third kappa shape index (κ3) is 3.81. The van der Waals surface area contributed by atoms with Gasteiger partial charge >= 0.3 is 0 Å². The van der Waals surface area contributed by atoms with Gasteiger partial charge in [0.2, 0.25) is 5.91 Å². The summed E-state index contributed by atoms with van der Waals surface area (Å²) in [7, 11) is 0. The van der Waals surface area contributed by atoms with Gasteiger partial charge in [0, 0.05) is 23.7 Å². The molecule has 4 nitrogen and oxygen atoms in total. The van der Waals surface area contributed by atoms with Crippen LogP contribution in [0.3, 0.4) is 0 Å². The van der Waals surface area contributed by atoms with Gasteiger partial charge in [-0.2, -0.15) is 0 Å². The van der Waals surface area contributed by atoms with Gasteiger partial charge in [-0.05, 0) is 37.1 Å². The van der Waals surface area contributed by atoms with Crippen molar-refractivity contribution in [3.63, 3.8) is 0 Å². The van der Waals surface area contributed by atoms with Crippen LogP contribution in [0.25, 0.3) is 0 Å². The molecule has 0 aromatic heterocycles. The van der Waals surface area contributed by atoms with E-state index in [-0.39, 0.29) is 11.8 Å². The number of anilines is 1. The first kappa shape index (κ1) is 13.6. The molecule has 19 heavy (non-hydrogen) atoms. The highest BCUT2D eigenvalue weighted by Crippen LogP contribution is 2.18. The van der Waals surface area contributed by atoms with E-state index < -0.39 is 0 Å². The summed E-state index contributed by atoms with van der Waals surface area (Å²) in [5, 5.41) is 5.80. The van der Waals surface area contributed by atoms with Gasteiger partial charge < -0.3 is 10.6 Å². The van der Waals surface area contributed by atoms with Crippen molar-refractivity contribution in [2.24, 2.45) is 0 Å². The van der Waals surface area contributed by atoms with Crippen LogP contribution >= 0.6 is 0 Å². The van der Waals surface area contributed by atoms with Crippen molar-refractivity contribution >= 4 is 17.5 Å². The quantitative estimate of drug-likeness (QED) is 0.874. The molecule has 0 heterocycles. The van der Waals surface area contributed by atoms with Crippen molar-refractivity contribution < 1.29 is 9.59 Å². The Labute approximate surface area is 113 Å². The topological polar surface area (TPSA) is 58.2 Å². The van der Waals surface area contributed by atoms with Crippen molar-refractivity contribution in [1.29, 1.82) is 0 Å². The molecule has 1 aromatic rings. The first-order chi connectivity index (χ1) is 9.19. The highest BCUT2D eigenvalue weighted by Gasteiger charge is 2.17. The van der Waals surface area contributed by atoms with E-state index in [4.69, 9.17) is 0 Å². The number of benzene rings is 1. The number of hydrogen-bond acceptors (Lipinski definition) is 2. The van der Waals surface area contributed by atoms with Crippen molar-refractivity contribution in [2.75, 3.05) is 5.32 Å². The molecule has 1 aromatic carbocycles. The fraction of sp³-hybridized carbons (Fsp3) is 0.467. The molecule has 1 aliphatic carbocycles. The average Bonchev–Trinajstić information content (AvgIpc) is 2.92. The fourth-order valence-electron chi connectivity index (χ4n) is 2.29. The molecule has 0 spiro atoms. The van der Waals surface area contributed by atoms with Gasteiger partial charge in [0.15, 0.2) is 0 Å². The summed E-state index contributed by atoms with van der Waals surface area (Å²) >= 11 is 0. The van der Waals surface area contributed by atoms with E-state index in [1.54, 1.807) is 31.2 Å². The molecule has 102 valence electrons. The summed E-state index contributed by atoms with van der Waals surface area (Å²) < 4.78 is 0. The zero-order valence-electron chi connectivity index (χ0n) is 11.2. The van der Waals surface area contributed by atoms with E-state index in [0.717, 1.165) is 18.5 Å². The van der Waals surface area contributed by atoms with E-state index in [1.807, 2.05) is 0 Å². The van der Waals surface area contributed by atoms with E-state index in [9.17, 15) is 9.59 Å². The van der Waals surface area contributed by atoms with Gasteiger partial charge in [-0.1, -0.05) is 19.8 Å². The third-order valence-electron chi connectivity index (χ3n) is 3.44. The number of nitrogens with one attached hydrogen (secondary N) is 2. The number of carbonyl (C=O) groups is 2. The summed E-state index contributed by atoms with van der Waals surface area (Å²) in [6.45, 7) is 1.80. The monoisotopic (exact) mass is 260 g/mol. The number of amides is 2. The van der Waals surface area contributed by atoms with Crippen molar-refractivity contribution in [2.45, 2.75) is 45.1 Å². The molecular weight excluding hydrogens is 240 g/mol. The number of hydrogen-bond donors (Lipinski definition) is 2. The molecule has 0 atom stereocenters. The Kier molecular flexibility index (Phi) is 4.55. The lowest BCUT2D eigenvalue weighted by atomic mass is 10.1. The van der Waals surface area contributed by atoms with Crippen LogP contribution < -0.4 is 10.6 Å². The van der Waals surface area contributed by atoms with Crippen LogP contribution in [-0.4, -0.2) is 17.9 Å². The predicted molar refractivity (Wildman–Crippen MR) is 75.1 cm³/mol. The first-order valence-electron chi connectivity index (χ1n) is 6.90. The molecule has 2 amide bonds. The highest BCUT2D eigenvalue weighted by atomic mass is 16.2. The van der Waals surface area contributed by atoms with Crippen LogP contribution in [0.4, 0.5) is 5.69 Å². The molecule has 0 bridgehead atoms.